The van der Waals surface area contributed by atoms with Crippen molar-refractivity contribution < 1.29 is 14.3 Å². The number of benzene rings is 1. The number of unbranched alkanes of at least 4 members (excludes halogenated alkanes) is 1. The molecule has 1 atom stereocenters. The van der Waals surface area contributed by atoms with Gasteiger partial charge in [-0.1, -0.05) is 43.7 Å². The Morgan fingerprint density at radius 1 is 1.23 bits per heavy atom. The summed E-state index contributed by atoms with van der Waals surface area (Å²) in [6, 6.07) is 9.11. The molecule has 7 nitrogen and oxygen atoms in total. The van der Waals surface area contributed by atoms with Gasteiger partial charge in [-0.25, -0.2) is 0 Å². The molecule has 1 saturated heterocycles. The molecular weight excluding hydrogens is 332 g/mol. The fraction of sp³-hybridized carbons (Fsp3) is 0.474. The highest BCUT2D eigenvalue weighted by molar-refractivity contribution is 6.35. The lowest BCUT2D eigenvalue weighted by atomic mass is 10.0. The van der Waals surface area contributed by atoms with Gasteiger partial charge in [0.1, 0.15) is 6.04 Å². The first-order valence-electron chi connectivity index (χ1n) is 8.96. The summed E-state index contributed by atoms with van der Waals surface area (Å²) in [6.07, 6.45) is 3.61. The highest BCUT2D eigenvalue weighted by atomic mass is 16.5. The predicted molar refractivity (Wildman–Crippen MR) is 99.3 cm³/mol. The molecule has 1 fully saturated rings. The summed E-state index contributed by atoms with van der Waals surface area (Å²) in [6.45, 7) is 3.46. The van der Waals surface area contributed by atoms with E-state index in [0.29, 0.717) is 38.9 Å². The third-order valence-electron chi connectivity index (χ3n) is 4.54. The highest BCUT2D eigenvalue weighted by Crippen LogP contribution is 2.16. The minimum Gasteiger partial charge on any atom is -0.430 e. The van der Waals surface area contributed by atoms with E-state index in [2.05, 4.69) is 0 Å². The lowest BCUT2D eigenvalue weighted by molar-refractivity contribution is -0.157. The third-order valence-corrected chi connectivity index (χ3v) is 4.54. The second-order valence-electron chi connectivity index (χ2n) is 6.28. The van der Waals surface area contributed by atoms with Crippen molar-refractivity contribution in [2.24, 2.45) is 0 Å². The van der Waals surface area contributed by atoms with E-state index in [1.807, 2.05) is 37.3 Å². The van der Waals surface area contributed by atoms with Gasteiger partial charge in [-0.3, -0.25) is 20.4 Å². The first-order valence-corrected chi connectivity index (χ1v) is 8.96. The molecule has 26 heavy (non-hydrogen) atoms. The van der Waals surface area contributed by atoms with Gasteiger partial charge in [0.25, 0.3) is 0 Å². The standard InChI is InChI=1S/C19H26N4O3/c1-2-3-11-22-12-13-23(19(25)18(22)24)16(17(21)26-14-20)10-9-15-7-5-4-6-8-15/h4-8,14,16,20-21H,2-3,9-13H2,1H3. The van der Waals surface area contributed by atoms with Crippen molar-refractivity contribution in [2.45, 2.75) is 38.6 Å². The van der Waals surface area contributed by atoms with Gasteiger partial charge in [0.15, 0.2) is 6.40 Å². The van der Waals surface area contributed by atoms with Crippen molar-refractivity contribution in [2.75, 3.05) is 19.6 Å². The van der Waals surface area contributed by atoms with Crippen LogP contribution < -0.4 is 0 Å². The van der Waals surface area contributed by atoms with Gasteiger partial charge in [-0.2, -0.15) is 0 Å². The number of aryl methyl sites for hydroxylation is 1. The zero-order valence-electron chi connectivity index (χ0n) is 15.1. The number of nitrogens with zero attached hydrogens (tertiary/aromatic N) is 2. The second kappa shape index (κ2) is 9.70. The minimum atomic E-state index is -0.651. The number of ether oxygens (including phenoxy) is 1. The molecule has 0 aliphatic carbocycles. The molecule has 1 heterocycles. The lowest BCUT2D eigenvalue weighted by Gasteiger charge is -2.38. The molecule has 1 aliphatic heterocycles. The zero-order chi connectivity index (χ0) is 18.9. The molecule has 0 spiro atoms. The quantitative estimate of drug-likeness (QED) is 0.402. The maximum atomic E-state index is 12.6. The van der Waals surface area contributed by atoms with Crippen LogP contribution in [0.5, 0.6) is 0 Å². The van der Waals surface area contributed by atoms with Gasteiger partial charge in [0.05, 0.1) is 0 Å². The number of piperazine rings is 1. The summed E-state index contributed by atoms with van der Waals surface area (Å²) < 4.78 is 4.93. The number of hydrogen-bond acceptors (Lipinski definition) is 5. The van der Waals surface area contributed by atoms with Crippen LogP contribution in [0.3, 0.4) is 0 Å². The fourth-order valence-corrected chi connectivity index (χ4v) is 3.07. The molecule has 1 aromatic carbocycles. The molecule has 140 valence electrons. The number of hydrogen-bond donors (Lipinski definition) is 2. The number of rotatable bonds is 9. The summed E-state index contributed by atoms with van der Waals surface area (Å²) in [7, 11) is 0. The molecule has 0 saturated carbocycles. The van der Waals surface area contributed by atoms with Crippen LogP contribution in [0.15, 0.2) is 30.3 Å². The van der Waals surface area contributed by atoms with Crippen LogP contribution in [-0.4, -0.2) is 59.6 Å². The van der Waals surface area contributed by atoms with Gasteiger partial charge in [0, 0.05) is 19.6 Å². The molecule has 1 aliphatic rings. The first-order chi connectivity index (χ1) is 12.6. The smallest absolute Gasteiger partial charge is 0.312 e. The molecule has 2 amide bonds. The van der Waals surface area contributed by atoms with E-state index in [0.717, 1.165) is 18.4 Å². The van der Waals surface area contributed by atoms with Crippen molar-refractivity contribution in [3.05, 3.63) is 35.9 Å². The van der Waals surface area contributed by atoms with Crippen LogP contribution in [-0.2, 0) is 20.7 Å². The van der Waals surface area contributed by atoms with E-state index in [-0.39, 0.29) is 5.90 Å². The van der Waals surface area contributed by atoms with Crippen LogP contribution in [0.25, 0.3) is 0 Å². The van der Waals surface area contributed by atoms with Crippen LogP contribution in [0.1, 0.15) is 31.7 Å². The van der Waals surface area contributed by atoms with Crippen molar-refractivity contribution in [3.8, 4) is 0 Å². The van der Waals surface area contributed by atoms with Gasteiger partial charge >= 0.3 is 11.8 Å². The molecule has 1 aromatic rings. The van der Waals surface area contributed by atoms with Crippen molar-refractivity contribution >= 4 is 24.1 Å². The Hall–Kier alpha value is -2.70. The SMILES string of the molecule is CCCCN1CCN(C(CCc2ccccc2)C(=N)OC=N)C(=O)C1=O. The highest BCUT2D eigenvalue weighted by Gasteiger charge is 2.38. The largest absolute Gasteiger partial charge is 0.430 e. The molecule has 7 heteroatoms. The Bertz CT molecular complexity index is 647. The Balaban J connectivity index is 2.09. The molecule has 0 radical (unpaired) electrons. The Kier molecular flexibility index (Phi) is 7.32. The van der Waals surface area contributed by atoms with Crippen molar-refractivity contribution in [3.63, 3.8) is 0 Å². The zero-order valence-corrected chi connectivity index (χ0v) is 15.1. The first kappa shape index (κ1) is 19.6. The van der Waals surface area contributed by atoms with Gasteiger partial charge in [-0.15, -0.1) is 0 Å². The summed E-state index contributed by atoms with van der Waals surface area (Å²) in [5.74, 6) is -1.29. The normalized spacial score (nSPS) is 15.7. The van der Waals surface area contributed by atoms with E-state index in [4.69, 9.17) is 15.6 Å². The average molecular weight is 358 g/mol. The van der Waals surface area contributed by atoms with Crippen molar-refractivity contribution in [1.29, 1.82) is 10.8 Å². The van der Waals surface area contributed by atoms with Crippen molar-refractivity contribution in [1.82, 2.24) is 9.80 Å². The third kappa shape index (κ3) is 4.91. The van der Waals surface area contributed by atoms with E-state index >= 15 is 0 Å². The Morgan fingerprint density at radius 3 is 2.62 bits per heavy atom. The van der Waals surface area contributed by atoms with E-state index < -0.39 is 17.9 Å². The summed E-state index contributed by atoms with van der Waals surface area (Å²) >= 11 is 0. The molecule has 2 rings (SSSR count). The van der Waals surface area contributed by atoms with Gasteiger partial charge in [0.2, 0.25) is 5.90 Å². The molecule has 0 aromatic heterocycles. The van der Waals surface area contributed by atoms with Crippen LogP contribution in [0, 0.1) is 10.8 Å². The predicted octanol–water partition coefficient (Wildman–Crippen LogP) is 2.06. The van der Waals surface area contributed by atoms with E-state index in [9.17, 15) is 9.59 Å². The molecule has 0 bridgehead atoms. The topological polar surface area (TPSA) is 97.6 Å². The maximum Gasteiger partial charge on any atom is 0.312 e. The van der Waals surface area contributed by atoms with Gasteiger partial charge < -0.3 is 14.5 Å². The fourth-order valence-electron chi connectivity index (χ4n) is 3.07. The summed E-state index contributed by atoms with van der Waals surface area (Å²) in [5, 5.41) is 15.1. The lowest BCUT2D eigenvalue weighted by Crippen LogP contribution is -2.59. The number of amides is 2. The van der Waals surface area contributed by atoms with E-state index in [1.165, 1.54) is 4.90 Å². The number of carbonyl (C=O) groups is 2. The molecular formula is C19H26N4O3. The monoisotopic (exact) mass is 358 g/mol. The van der Waals surface area contributed by atoms with Crippen LogP contribution in [0.4, 0.5) is 0 Å². The van der Waals surface area contributed by atoms with Crippen LogP contribution >= 0.6 is 0 Å². The Morgan fingerprint density at radius 2 is 1.96 bits per heavy atom. The average Bonchev–Trinajstić information content (AvgIpc) is 2.65. The summed E-state index contributed by atoms with van der Waals surface area (Å²) in [5.41, 5.74) is 1.08. The molecule has 1 unspecified atom stereocenters. The second-order valence-corrected chi connectivity index (χ2v) is 6.28. The minimum absolute atomic E-state index is 0.181. The Labute approximate surface area is 153 Å². The summed E-state index contributed by atoms with van der Waals surface area (Å²) in [4.78, 5) is 28.0. The maximum absolute atomic E-state index is 12.6. The van der Waals surface area contributed by atoms with Gasteiger partial charge in [-0.05, 0) is 24.8 Å². The molecule has 2 N–H and O–H groups in total. The van der Waals surface area contributed by atoms with Crippen LogP contribution in [0.2, 0.25) is 0 Å². The number of carbonyl (C=O) groups excluding carboxylic acids is 2. The number of nitrogens with one attached hydrogen (secondary N) is 2. The van der Waals surface area contributed by atoms with E-state index in [1.54, 1.807) is 4.90 Å².